The third-order valence-corrected chi connectivity index (χ3v) is 5.59. The van der Waals surface area contributed by atoms with Crippen molar-refractivity contribution in [3.63, 3.8) is 0 Å². The zero-order valence-corrected chi connectivity index (χ0v) is 16.9. The Kier molecular flexibility index (Phi) is 7.26. The zero-order chi connectivity index (χ0) is 20.0. The highest BCUT2D eigenvalue weighted by molar-refractivity contribution is 5.80. The second-order valence-corrected chi connectivity index (χ2v) is 7.83. The highest BCUT2D eigenvalue weighted by Gasteiger charge is 2.33. The van der Waals surface area contributed by atoms with E-state index in [-0.39, 0.29) is 30.0 Å². The Morgan fingerprint density at radius 3 is 2.64 bits per heavy atom. The van der Waals surface area contributed by atoms with Crippen LogP contribution in [0, 0.1) is 11.2 Å². The summed E-state index contributed by atoms with van der Waals surface area (Å²) in [5.41, 5.74) is 0.762. The summed E-state index contributed by atoms with van der Waals surface area (Å²) in [4.78, 5) is 7.09. The Hall–Kier alpha value is -1.70. The van der Waals surface area contributed by atoms with Gasteiger partial charge in [0.15, 0.2) is 5.96 Å². The Labute approximate surface area is 166 Å². The van der Waals surface area contributed by atoms with Crippen LogP contribution in [-0.2, 0) is 9.47 Å². The molecule has 0 aromatic heterocycles. The number of aliphatic hydroxyl groups is 1. The van der Waals surface area contributed by atoms with Gasteiger partial charge in [-0.1, -0.05) is 12.1 Å². The summed E-state index contributed by atoms with van der Waals surface area (Å²) in [5, 5.41) is 13.3. The topological polar surface area (TPSA) is 66.3 Å². The minimum absolute atomic E-state index is 0.0301. The first-order valence-corrected chi connectivity index (χ1v) is 10.2. The molecule has 0 radical (unpaired) electrons. The maximum absolute atomic E-state index is 13.3. The second kappa shape index (κ2) is 9.67. The van der Waals surface area contributed by atoms with Crippen LogP contribution in [0.4, 0.5) is 4.39 Å². The molecule has 2 fully saturated rings. The molecule has 6 nitrogen and oxygen atoms in total. The number of rotatable bonds is 5. The van der Waals surface area contributed by atoms with Crippen LogP contribution in [0.5, 0.6) is 0 Å². The minimum atomic E-state index is -0.245. The quantitative estimate of drug-likeness (QED) is 0.594. The zero-order valence-electron chi connectivity index (χ0n) is 16.9. The van der Waals surface area contributed by atoms with E-state index in [0.717, 1.165) is 37.5 Å². The number of morpholine rings is 1. The molecule has 2 unspecified atom stereocenters. The van der Waals surface area contributed by atoms with Crippen LogP contribution in [0.2, 0.25) is 0 Å². The van der Waals surface area contributed by atoms with E-state index in [1.54, 1.807) is 12.1 Å². The molecule has 0 saturated carbocycles. The highest BCUT2D eigenvalue weighted by Crippen LogP contribution is 2.31. The first kappa shape index (κ1) is 21.0. The molecule has 0 bridgehead atoms. The van der Waals surface area contributed by atoms with Crippen LogP contribution in [0.1, 0.15) is 38.4 Å². The van der Waals surface area contributed by atoms with E-state index < -0.39 is 0 Å². The maximum atomic E-state index is 13.3. The van der Waals surface area contributed by atoms with Gasteiger partial charge >= 0.3 is 0 Å². The lowest BCUT2D eigenvalue weighted by Gasteiger charge is -2.39. The third-order valence-electron chi connectivity index (χ3n) is 5.59. The Balaban J connectivity index is 1.75. The number of aliphatic hydroxyl groups excluding tert-OH is 1. The number of aliphatic imine (C=N–C) groups is 1. The van der Waals surface area contributed by atoms with Crippen LogP contribution in [-0.4, -0.2) is 68.1 Å². The largest absolute Gasteiger partial charge is 0.396 e. The van der Waals surface area contributed by atoms with Crippen molar-refractivity contribution in [1.29, 1.82) is 0 Å². The predicted octanol–water partition coefficient (Wildman–Crippen LogP) is 2.34. The SMILES string of the molecule is CCNC(=NCC1(CO)CCOCC1)N1CC(C)OC(c2ccc(F)cc2)C1. The fourth-order valence-electron chi connectivity index (χ4n) is 3.82. The molecule has 2 aliphatic rings. The lowest BCUT2D eigenvalue weighted by Crippen LogP contribution is -2.51. The smallest absolute Gasteiger partial charge is 0.194 e. The highest BCUT2D eigenvalue weighted by atomic mass is 19.1. The summed E-state index contributed by atoms with van der Waals surface area (Å²) in [5.74, 6) is 0.592. The Bertz CT molecular complexity index is 647. The molecule has 3 rings (SSSR count). The minimum Gasteiger partial charge on any atom is -0.396 e. The fraction of sp³-hybridized carbons (Fsp3) is 0.667. The van der Waals surface area contributed by atoms with Crippen molar-refractivity contribution in [2.24, 2.45) is 10.4 Å². The van der Waals surface area contributed by atoms with Gasteiger partial charge in [0.05, 0.1) is 25.8 Å². The van der Waals surface area contributed by atoms with Gasteiger partial charge in [-0.3, -0.25) is 4.99 Å². The molecule has 2 aliphatic heterocycles. The van der Waals surface area contributed by atoms with E-state index in [9.17, 15) is 9.50 Å². The number of nitrogens with zero attached hydrogens (tertiary/aromatic N) is 2. The summed E-state index contributed by atoms with van der Waals surface area (Å²) < 4.78 is 24.8. The number of halogens is 1. The van der Waals surface area contributed by atoms with Crippen molar-refractivity contribution in [3.05, 3.63) is 35.6 Å². The van der Waals surface area contributed by atoms with Crippen LogP contribution in [0.25, 0.3) is 0 Å². The average Bonchev–Trinajstić information content (AvgIpc) is 2.72. The molecule has 2 heterocycles. The van der Waals surface area contributed by atoms with Crippen molar-refractivity contribution in [2.45, 2.75) is 38.9 Å². The molecule has 1 aromatic rings. The molecule has 0 amide bonds. The summed E-state index contributed by atoms with van der Waals surface area (Å²) in [6.07, 6.45) is 1.54. The Morgan fingerprint density at radius 2 is 2.00 bits per heavy atom. The molecule has 2 saturated heterocycles. The predicted molar refractivity (Wildman–Crippen MR) is 107 cm³/mol. The van der Waals surface area contributed by atoms with Crippen LogP contribution >= 0.6 is 0 Å². The van der Waals surface area contributed by atoms with Crippen LogP contribution < -0.4 is 5.32 Å². The fourth-order valence-corrected chi connectivity index (χ4v) is 3.82. The van der Waals surface area contributed by atoms with E-state index in [1.807, 2.05) is 13.8 Å². The van der Waals surface area contributed by atoms with E-state index in [4.69, 9.17) is 14.5 Å². The summed E-state index contributed by atoms with van der Waals surface area (Å²) in [6, 6.07) is 6.50. The first-order valence-electron chi connectivity index (χ1n) is 10.2. The molecule has 156 valence electrons. The molecule has 0 spiro atoms. The second-order valence-electron chi connectivity index (χ2n) is 7.83. The van der Waals surface area contributed by atoms with Crippen LogP contribution in [0.15, 0.2) is 29.3 Å². The molecular formula is C21H32FN3O3. The van der Waals surface area contributed by atoms with Gasteiger partial charge in [-0.15, -0.1) is 0 Å². The van der Waals surface area contributed by atoms with E-state index in [0.29, 0.717) is 26.3 Å². The monoisotopic (exact) mass is 393 g/mol. The van der Waals surface area contributed by atoms with Gasteiger partial charge in [-0.05, 0) is 44.4 Å². The van der Waals surface area contributed by atoms with Crippen molar-refractivity contribution < 1.29 is 19.0 Å². The number of guanidine groups is 1. The normalized spacial score (nSPS) is 25.6. The van der Waals surface area contributed by atoms with Gasteiger partial charge in [0.2, 0.25) is 0 Å². The number of hydrogen-bond donors (Lipinski definition) is 2. The van der Waals surface area contributed by atoms with Gasteiger partial charge in [-0.2, -0.15) is 0 Å². The van der Waals surface area contributed by atoms with Crippen molar-refractivity contribution in [3.8, 4) is 0 Å². The first-order chi connectivity index (χ1) is 13.5. The summed E-state index contributed by atoms with van der Waals surface area (Å²) in [6.45, 7) is 8.28. The Morgan fingerprint density at radius 1 is 1.29 bits per heavy atom. The lowest BCUT2D eigenvalue weighted by atomic mass is 9.81. The average molecular weight is 394 g/mol. The molecular weight excluding hydrogens is 361 g/mol. The number of ether oxygens (including phenoxy) is 2. The number of benzene rings is 1. The van der Waals surface area contributed by atoms with Gasteiger partial charge in [0.25, 0.3) is 0 Å². The van der Waals surface area contributed by atoms with Gasteiger partial charge in [0.1, 0.15) is 11.9 Å². The molecule has 1 aromatic carbocycles. The molecule has 7 heteroatoms. The van der Waals surface area contributed by atoms with Crippen LogP contribution in [0.3, 0.4) is 0 Å². The van der Waals surface area contributed by atoms with E-state index in [2.05, 4.69) is 10.2 Å². The number of nitrogens with one attached hydrogen (secondary N) is 1. The van der Waals surface area contributed by atoms with Crippen molar-refractivity contribution in [2.75, 3.05) is 46.0 Å². The molecule has 2 atom stereocenters. The molecule has 2 N–H and O–H groups in total. The summed E-state index contributed by atoms with van der Waals surface area (Å²) >= 11 is 0. The van der Waals surface area contributed by atoms with E-state index >= 15 is 0 Å². The lowest BCUT2D eigenvalue weighted by molar-refractivity contribution is -0.0607. The van der Waals surface area contributed by atoms with Gasteiger partial charge < -0.3 is 24.8 Å². The van der Waals surface area contributed by atoms with Gasteiger partial charge in [-0.25, -0.2) is 4.39 Å². The summed E-state index contributed by atoms with van der Waals surface area (Å²) in [7, 11) is 0. The van der Waals surface area contributed by atoms with E-state index in [1.165, 1.54) is 12.1 Å². The molecule has 0 aliphatic carbocycles. The van der Waals surface area contributed by atoms with Gasteiger partial charge in [0, 0.05) is 31.7 Å². The third kappa shape index (κ3) is 5.21. The standard InChI is InChI=1S/C21H32FN3O3/c1-3-23-20(24-14-21(15-26)8-10-27-11-9-21)25-12-16(2)28-19(13-25)17-4-6-18(22)7-5-17/h4-7,16,19,26H,3,8-15H2,1-2H3,(H,23,24). The maximum Gasteiger partial charge on any atom is 0.194 e. The number of hydrogen-bond acceptors (Lipinski definition) is 4. The van der Waals surface area contributed by atoms with Crippen molar-refractivity contribution >= 4 is 5.96 Å². The molecule has 28 heavy (non-hydrogen) atoms. The van der Waals surface area contributed by atoms with Crippen molar-refractivity contribution in [1.82, 2.24) is 10.2 Å².